The predicted molar refractivity (Wildman–Crippen MR) is 88.8 cm³/mol. The van der Waals surface area contributed by atoms with Gasteiger partial charge in [-0.1, -0.05) is 20.3 Å². The fourth-order valence-corrected chi connectivity index (χ4v) is 4.16. The molecule has 0 bridgehead atoms. The second kappa shape index (κ2) is 6.90. The molecule has 0 aromatic carbocycles. The highest BCUT2D eigenvalue weighted by molar-refractivity contribution is 7.15. The molecule has 0 aliphatic carbocycles. The van der Waals surface area contributed by atoms with Crippen molar-refractivity contribution < 1.29 is 0 Å². The summed E-state index contributed by atoms with van der Waals surface area (Å²) in [5.74, 6) is 0. The fourth-order valence-electron chi connectivity index (χ4n) is 2.90. The summed E-state index contributed by atoms with van der Waals surface area (Å²) < 4.78 is 0. The summed E-state index contributed by atoms with van der Waals surface area (Å²) in [4.78, 5) is 8.92. The van der Waals surface area contributed by atoms with E-state index in [1.807, 2.05) is 11.3 Å². The molecular weight excluding hydrogens is 266 g/mol. The van der Waals surface area contributed by atoms with Gasteiger partial charge in [0.2, 0.25) is 0 Å². The second-order valence-corrected chi connectivity index (χ2v) is 7.42. The van der Waals surface area contributed by atoms with E-state index in [0.29, 0.717) is 0 Å². The van der Waals surface area contributed by atoms with Gasteiger partial charge in [0, 0.05) is 23.5 Å². The zero-order valence-electron chi connectivity index (χ0n) is 13.5. The van der Waals surface area contributed by atoms with Crippen LogP contribution in [-0.4, -0.2) is 23.6 Å². The van der Waals surface area contributed by atoms with E-state index in [0.717, 1.165) is 26.1 Å². The van der Waals surface area contributed by atoms with E-state index >= 15 is 0 Å². The van der Waals surface area contributed by atoms with Crippen LogP contribution in [0.15, 0.2) is 0 Å². The number of anilines is 1. The lowest BCUT2D eigenvalue weighted by molar-refractivity contribution is 0.517. The minimum atomic E-state index is 0.273. The van der Waals surface area contributed by atoms with Crippen LogP contribution in [-0.2, 0) is 13.0 Å². The molecule has 0 amide bonds. The van der Waals surface area contributed by atoms with Gasteiger partial charge in [0.25, 0.3) is 0 Å². The van der Waals surface area contributed by atoms with Crippen LogP contribution in [0.2, 0.25) is 0 Å². The van der Waals surface area contributed by atoms with Gasteiger partial charge in [0.15, 0.2) is 5.13 Å². The van der Waals surface area contributed by atoms with Crippen LogP contribution in [0.4, 0.5) is 5.13 Å². The van der Waals surface area contributed by atoms with Gasteiger partial charge in [0.1, 0.15) is 0 Å². The number of hydrogen-bond acceptors (Lipinski definition) is 4. The first kappa shape index (κ1) is 15.8. The third-order valence-corrected chi connectivity index (χ3v) is 5.22. The first-order valence-corrected chi connectivity index (χ1v) is 8.87. The van der Waals surface area contributed by atoms with Crippen molar-refractivity contribution in [1.29, 1.82) is 0 Å². The molecule has 0 atom stereocenters. The number of rotatable bonds is 7. The molecule has 0 radical (unpaired) electrons. The molecule has 1 saturated heterocycles. The molecular formula is C16H29N3S. The number of aryl methyl sites for hydroxylation is 1. The third-order valence-electron chi connectivity index (χ3n) is 4.10. The number of nitrogens with zero attached hydrogens (tertiary/aromatic N) is 2. The summed E-state index contributed by atoms with van der Waals surface area (Å²) in [6, 6.07) is 0. The number of hydrogen-bond donors (Lipinski definition) is 1. The molecule has 3 nitrogen and oxygen atoms in total. The first-order chi connectivity index (χ1) is 9.58. The maximum Gasteiger partial charge on any atom is 0.186 e. The zero-order valence-corrected chi connectivity index (χ0v) is 14.3. The van der Waals surface area contributed by atoms with Gasteiger partial charge < -0.3 is 10.2 Å². The molecule has 0 saturated carbocycles. The van der Waals surface area contributed by atoms with Gasteiger partial charge in [0.05, 0.1) is 5.69 Å². The lowest BCUT2D eigenvalue weighted by Crippen LogP contribution is -2.38. The Bertz CT molecular complexity index is 425. The van der Waals surface area contributed by atoms with Crippen molar-refractivity contribution >= 4 is 16.5 Å². The Hall–Kier alpha value is -0.610. The minimum Gasteiger partial charge on any atom is -0.343 e. The standard InChI is InChI=1S/C16H29N3S/c1-5-8-13-14(12-17-10-6-2)20-15(18-13)19-11-7-9-16(19,3)4/h17H,5-12H2,1-4H3. The molecule has 2 rings (SSSR count). The summed E-state index contributed by atoms with van der Waals surface area (Å²) in [7, 11) is 0. The van der Waals surface area contributed by atoms with Crippen LogP contribution in [0, 0.1) is 0 Å². The number of nitrogens with one attached hydrogen (secondary N) is 1. The molecule has 1 N–H and O–H groups in total. The summed E-state index contributed by atoms with van der Waals surface area (Å²) >= 11 is 1.90. The molecule has 1 aromatic heterocycles. The van der Waals surface area contributed by atoms with Gasteiger partial charge in [-0.15, -0.1) is 11.3 Å². The van der Waals surface area contributed by atoms with Crippen LogP contribution >= 0.6 is 11.3 Å². The average Bonchev–Trinajstić information content (AvgIpc) is 2.94. The SMILES string of the molecule is CCCNCc1sc(N2CCCC2(C)C)nc1CCC. The normalized spacial score (nSPS) is 17.9. The quantitative estimate of drug-likeness (QED) is 0.771. The molecule has 0 unspecified atom stereocenters. The van der Waals surface area contributed by atoms with E-state index in [-0.39, 0.29) is 5.54 Å². The number of aromatic nitrogens is 1. The summed E-state index contributed by atoms with van der Waals surface area (Å²) in [5, 5.41) is 4.77. The van der Waals surface area contributed by atoms with Gasteiger partial charge in [-0.2, -0.15) is 0 Å². The molecule has 1 aromatic rings. The third kappa shape index (κ3) is 3.53. The van der Waals surface area contributed by atoms with Crippen LogP contribution in [0.3, 0.4) is 0 Å². The Morgan fingerprint density at radius 2 is 2.10 bits per heavy atom. The van der Waals surface area contributed by atoms with Crippen molar-refractivity contribution in [2.75, 3.05) is 18.0 Å². The Kier molecular flexibility index (Phi) is 5.44. The second-order valence-electron chi connectivity index (χ2n) is 6.36. The van der Waals surface area contributed by atoms with E-state index in [1.165, 1.54) is 41.4 Å². The lowest BCUT2D eigenvalue weighted by atomic mass is 10.0. The van der Waals surface area contributed by atoms with Crippen molar-refractivity contribution in [2.45, 2.75) is 71.9 Å². The molecule has 1 aliphatic heterocycles. The lowest BCUT2D eigenvalue weighted by Gasteiger charge is -2.31. The Labute approximate surface area is 127 Å². The molecule has 1 aliphatic rings. The highest BCUT2D eigenvalue weighted by Crippen LogP contribution is 2.37. The Morgan fingerprint density at radius 3 is 2.70 bits per heavy atom. The van der Waals surface area contributed by atoms with Crippen LogP contribution in [0.1, 0.15) is 63.9 Å². The smallest absolute Gasteiger partial charge is 0.186 e. The largest absolute Gasteiger partial charge is 0.343 e. The highest BCUT2D eigenvalue weighted by atomic mass is 32.1. The molecule has 20 heavy (non-hydrogen) atoms. The van der Waals surface area contributed by atoms with Gasteiger partial charge >= 0.3 is 0 Å². The molecule has 0 spiro atoms. The molecule has 4 heteroatoms. The van der Waals surface area contributed by atoms with E-state index in [9.17, 15) is 0 Å². The zero-order chi connectivity index (χ0) is 14.6. The molecule has 114 valence electrons. The Balaban J connectivity index is 2.15. The minimum absolute atomic E-state index is 0.273. The fraction of sp³-hybridized carbons (Fsp3) is 0.812. The monoisotopic (exact) mass is 295 g/mol. The highest BCUT2D eigenvalue weighted by Gasteiger charge is 2.34. The maximum absolute atomic E-state index is 4.96. The summed E-state index contributed by atoms with van der Waals surface area (Å²) in [5.41, 5.74) is 1.59. The average molecular weight is 295 g/mol. The van der Waals surface area contributed by atoms with Crippen molar-refractivity contribution in [2.24, 2.45) is 0 Å². The van der Waals surface area contributed by atoms with Crippen molar-refractivity contribution in [3.05, 3.63) is 10.6 Å². The van der Waals surface area contributed by atoms with Gasteiger partial charge in [-0.05, 0) is 46.1 Å². The van der Waals surface area contributed by atoms with Crippen LogP contribution in [0.5, 0.6) is 0 Å². The summed E-state index contributed by atoms with van der Waals surface area (Å²) in [6.45, 7) is 12.4. The van der Waals surface area contributed by atoms with Gasteiger partial charge in [-0.3, -0.25) is 0 Å². The summed E-state index contributed by atoms with van der Waals surface area (Å²) in [6.07, 6.45) is 6.04. The van der Waals surface area contributed by atoms with Crippen molar-refractivity contribution in [3.8, 4) is 0 Å². The van der Waals surface area contributed by atoms with Crippen molar-refractivity contribution in [3.63, 3.8) is 0 Å². The number of thiazole rings is 1. The van der Waals surface area contributed by atoms with Gasteiger partial charge in [-0.25, -0.2) is 4.98 Å². The first-order valence-electron chi connectivity index (χ1n) is 8.05. The Morgan fingerprint density at radius 1 is 1.30 bits per heavy atom. The predicted octanol–water partition coefficient (Wildman–Crippen LogP) is 3.97. The van der Waals surface area contributed by atoms with E-state index < -0.39 is 0 Å². The van der Waals surface area contributed by atoms with E-state index in [2.05, 4.69) is 37.9 Å². The van der Waals surface area contributed by atoms with Crippen molar-refractivity contribution in [1.82, 2.24) is 10.3 Å². The van der Waals surface area contributed by atoms with E-state index in [4.69, 9.17) is 4.98 Å². The van der Waals surface area contributed by atoms with Crippen LogP contribution in [0.25, 0.3) is 0 Å². The molecule has 2 heterocycles. The maximum atomic E-state index is 4.96. The van der Waals surface area contributed by atoms with Crippen LogP contribution < -0.4 is 10.2 Å². The van der Waals surface area contributed by atoms with E-state index in [1.54, 1.807) is 0 Å². The molecule has 1 fully saturated rings. The topological polar surface area (TPSA) is 28.2 Å².